The molecule has 2 heterocycles. The van der Waals surface area contributed by atoms with Gasteiger partial charge in [0.25, 0.3) is 5.91 Å². The van der Waals surface area contributed by atoms with Crippen LogP contribution >= 0.6 is 0 Å². The Hall–Kier alpha value is -2.90. The smallest absolute Gasteiger partial charge is 0.321 e. The van der Waals surface area contributed by atoms with E-state index in [1.165, 1.54) is 31.4 Å². The zero-order chi connectivity index (χ0) is 21.3. The van der Waals surface area contributed by atoms with Gasteiger partial charge in [-0.2, -0.15) is 18.3 Å². The standard InChI is InChI=1S/C22H23F3N4O/c1-2-14-6-9-17(10-7-14)29-13-15-12-16(8-11-18(15)28-29)26-21(30)19-4-3-5-20(27-19)22(23,24)25/h3-5,8,11-14,17H,2,6-7,9-10H2,1H3,(H,26,30). The van der Waals surface area contributed by atoms with Crippen LogP contribution in [0.2, 0.25) is 0 Å². The van der Waals surface area contributed by atoms with Crippen molar-refractivity contribution in [3.05, 3.63) is 54.0 Å². The third-order valence-electron chi connectivity index (χ3n) is 5.82. The highest BCUT2D eigenvalue weighted by Gasteiger charge is 2.33. The first-order valence-corrected chi connectivity index (χ1v) is 10.2. The summed E-state index contributed by atoms with van der Waals surface area (Å²) in [7, 11) is 0. The number of fused-ring (bicyclic) bond motifs is 1. The maximum absolute atomic E-state index is 12.8. The highest BCUT2D eigenvalue weighted by Crippen LogP contribution is 2.34. The van der Waals surface area contributed by atoms with Crippen LogP contribution in [0.4, 0.5) is 18.9 Å². The topological polar surface area (TPSA) is 59.8 Å². The van der Waals surface area contributed by atoms with Crippen molar-refractivity contribution < 1.29 is 18.0 Å². The van der Waals surface area contributed by atoms with Gasteiger partial charge in [0.2, 0.25) is 0 Å². The van der Waals surface area contributed by atoms with E-state index in [2.05, 4.69) is 22.3 Å². The number of aromatic nitrogens is 3. The average Bonchev–Trinajstić information content (AvgIpc) is 3.16. The fourth-order valence-electron chi connectivity index (χ4n) is 4.04. The van der Waals surface area contributed by atoms with Gasteiger partial charge >= 0.3 is 6.18 Å². The van der Waals surface area contributed by atoms with Crippen molar-refractivity contribution in [3.63, 3.8) is 0 Å². The van der Waals surface area contributed by atoms with Crippen LogP contribution in [0.15, 0.2) is 42.6 Å². The largest absolute Gasteiger partial charge is 0.433 e. The predicted octanol–water partition coefficient (Wildman–Crippen LogP) is 5.84. The second-order valence-corrected chi connectivity index (χ2v) is 7.83. The van der Waals surface area contributed by atoms with Gasteiger partial charge in [-0.15, -0.1) is 0 Å². The Kier molecular flexibility index (Phi) is 5.49. The number of rotatable bonds is 4. The molecule has 4 rings (SSSR count). The molecule has 0 spiro atoms. The van der Waals surface area contributed by atoms with Gasteiger partial charge in [-0.3, -0.25) is 9.48 Å². The number of nitrogens with zero attached hydrogens (tertiary/aromatic N) is 3. The van der Waals surface area contributed by atoms with Crippen molar-refractivity contribution in [2.75, 3.05) is 5.32 Å². The molecule has 1 aromatic carbocycles. The van der Waals surface area contributed by atoms with Crippen LogP contribution in [0, 0.1) is 5.92 Å². The van der Waals surface area contributed by atoms with Gasteiger partial charge in [0.15, 0.2) is 0 Å². The van der Waals surface area contributed by atoms with Crippen molar-refractivity contribution >= 4 is 22.5 Å². The van der Waals surface area contributed by atoms with Gasteiger partial charge in [0.05, 0.1) is 11.6 Å². The summed E-state index contributed by atoms with van der Waals surface area (Å²) in [6.07, 6.45) is 3.24. The summed E-state index contributed by atoms with van der Waals surface area (Å²) >= 11 is 0. The SMILES string of the molecule is CCC1CCC(n2cc3cc(NC(=O)c4cccc(C(F)(F)F)n4)ccc3n2)CC1. The summed E-state index contributed by atoms with van der Waals surface area (Å²) < 4.78 is 40.5. The molecule has 1 aliphatic carbocycles. The van der Waals surface area contributed by atoms with Gasteiger partial charge in [0.1, 0.15) is 11.4 Å². The minimum absolute atomic E-state index is 0.284. The molecule has 158 valence electrons. The number of carbonyl (C=O) groups excluding carboxylic acids is 1. The van der Waals surface area contributed by atoms with Gasteiger partial charge in [-0.05, 0) is 61.9 Å². The van der Waals surface area contributed by atoms with Crippen molar-refractivity contribution in [1.82, 2.24) is 14.8 Å². The number of benzene rings is 1. The molecule has 1 amide bonds. The zero-order valence-electron chi connectivity index (χ0n) is 16.6. The first kappa shape index (κ1) is 20.4. The van der Waals surface area contributed by atoms with Gasteiger partial charge in [0, 0.05) is 17.3 Å². The monoisotopic (exact) mass is 416 g/mol. The van der Waals surface area contributed by atoms with E-state index in [0.717, 1.165) is 35.7 Å². The minimum Gasteiger partial charge on any atom is -0.321 e. The van der Waals surface area contributed by atoms with Crippen LogP contribution in [0.25, 0.3) is 10.9 Å². The summed E-state index contributed by atoms with van der Waals surface area (Å²) in [5, 5.41) is 8.17. The summed E-state index contributed by atoms with van der Waals surface area (Å²) in [5.74, 6) is 0.114. The normalized spacial score (nSPS) is 19.7. The molecule has 0 aliphatic heterocycles. The number of hydrogen-bond donors (Lipinski definition) is 1. The van der Waals surface area contributed by atoms with Crippen molar-refractivity contribution in [2.45, 2.75) is 51.2 Å². The number of pyridine rings is 1. The molecule has 0 radical (unpaired) electrons. The Bertz CT molecular complexity index is 1050. The van der Waals surface area contributed by atoms with Crippen molar-refractivity contribution in [2.24, 2.45) is 5.92 Å². The Labute approximate surface area is 172 Å². The maximum Gasteiger partial charge on any atom is 0.433 e. The number of carbonyl (C=O) groups is 1. The second-order valence-electron chi connectivity index (χ2n) is 7.83. The summed E-state index contributed by atoms with van der Waals surface area (Å²) in [6.45, 7) is 2.23. The fourth-order valence-corrected chi connectivity index (χ4v) is 4.04. The maximum atomic E-state index is 12.8. The van der Waals surface area contributed by atoms with E-state index in [4.69, 9.17) is 0 Å². The number of hydrogen-bond acceptors (Lipinski definition) is 3. The molecule has 0 atom stereocenters. The summed E-state index contributed by atoms with van der Waals surface area (Å²) in [5.41, 5.74) is -0.0678. The molecule has 1 aliphatic rings. The molecule has 1 fully saturated rings. The third-order valence-corrected chi connectivity index (χ3v) is 5.82. The Morgan fingerprint density at radius 3 is 2.63 bits per heavy atom. The van der Waals surface area contributed by atoms with Gasteiger partial charge < -0.3 is 5.32 Å². The van der Waals surface area contributed by atoms with E-state index in [0.29, 0.717) is 11.7 Å². The number of alkyl halides is 3. The lowest BCUT2D eigenvalue weighted by atomic mass is 9.85. The number of halogens is 3. The van der Waals surface area contributed by atoms with Crippen LogP contribution in [0.5, 0.6) is 0 Å². The Morgan fingerprint density at radius 2 is 1.93 bits per heavy atom. The Morgan fingerprint density at radius 1 is 1.17 bits per heavy atom. The van der Waals surface area contributed by atoms with Crippen molar-refractivity contribution in [3.8, 4) is 0 Å². The zero-order valence-corrected chi connectivity index (χ0v) is 16.6. The lowest BCUT2D eigenvalue weighted by Crippen LogP contribution is -2.18. The molecule has 1 N–H and O–H groups in total. The van der Waals surface area contributed by atoms with Gasteiger partial charge in [-0.25, -0.2) is 4.98 Å². The summed E-state index contributed by atoms with van der Waals surface area (Å²) in [6, 6.07) is 8.93. The minimum atomic E-state index is -4.60. The van der Waals surface area contributed by atoms with E-state index in [1.807, 2.05) is 10.9 Å². The van der Waals surface area contributed by atoms with Crippen LogP contribution in [0.1, 0.15) is 61.3 Å². The fraction of sp³-hybridized carbons (Fsp3) is 0.409. The number of nitrogens with one attached hydrogen (secondary N) is 1. The lowest BCUT2D eigenvalue weighted by molar-refractivity contribution is -0.141. The van der Waals surface area contributed by atoms with Crippen molar-refractivity contribution in [1.29, 1.82) is 0 Å². The molecule has 0 saturated heterocycles. The molecular weight excluding hydrogens is 393 g/mol. The van der Waals surface area contributed by atoms with E-state index in [-0.39, 0.29) is 5.69 Å². The molecule has 5 nitrogen and oxygen atoms in total. The molecule has 0 bridgehead atoms. The molecule has 1 saturated carbocycles. The van der Waals surface area contributed by atoms with Gasteiger partial charge in [-0.1, -0.05) is 19.4 Å². The highest BCUT2D eigenvalue weighted by molar-refractivity contribution is 6.03. The lowest BCUT2D eigenvalue weighted by Gasteiger charge is -2.27. The van der Waals surface area contributed by atoms with Crippen LogP contribution in [0.3, 0.4) is 0 Å². The Balaban J connectivity index is 1.49. The number of anilines is 1. The third kappa shape index (κ3) is 4.32. The molecule has 0 unspecified atom stereocenters. The molecule has 3 aromatic rings. The van der Waals surface area contributed by atoms with Crippen LogP contribution < -0.4 is 5.32 Å². The van der Waals surface area contributed by atoms with E-state index in [1.54, 1.807) is 18.2 Å². The highest BCUT2D eigenvalue weighted by atomic mass is 19.4. The first-order chi connectivity index (χ1) is 14.3. The average molecular weight is 416 g/mol. The first-order valence-electron chi connectivity index (χ1n) is 10.2. The van der Waals surface area contributed by atoms with E-state index in [9.17, 15) is 18.0 Å². The van der Waals surface area contributed by atoms with E-state index < -0.39 is 17.8 Å². The molecule has 8 heteroatoms. The summed E-state index contributed by atoms with van der Waals surface area (Å²) in [4.78, 5) is 15.8. The van der Waals surface area contributed by atoms with Crippen LogP contribution in [-0.4, -0.2) is 20.7 Å². The predicted molar refractivity (Wildman–Crippen MR) is 108 cm³/mol. The molecule has 2 aromatic heterocycles. The number of amides is 1. The quantitative estimate of drug-likeness (QED) is 0.581. The van der Waals surface area contributed by atoms with Crippen LogP contribution in [-0.2, 0) is 6.18 Å². The molecular formula is C22H23F3N4O. The second kappa shape index (κ2) is 8.08. The molecule has 30 heavy (non-hydrogen) atoms. The van der Waals surface area contributed by atoms with E-state index >= 15 is 0 Å².